The minimum absolute atomic E-state index is 0.166. The zero-order valence-electron chi connectivity index (χ0n) is 48.2. The van der Waals surface area contributed by atoms with Gasteiger partial charge in [0, 0.05) is 55.2 Å². The van der Waals surface area contributed by atoms with E-state index in [1.165, 1.54) is 0 Å². The summed E-state index contributed by atoms with van der Waals surface area (Å²) in [5, 5.41) is 1.54. The number of hydrogen-bond acceptors (Lipinski definition) is 2. The lowest BCUT2D eigenvalue weighted by Crippen LogP contribution is -2.11. The van der Waals surface area contributed by atoms with Crippen LogP contribution < -0.4 is 4.90 Å². The predicted octanol–water partition coefficient (Wildman–Crippen LogP) is 16.8. The lowest BCUT2D eigenvalue weighted by Gasteiger charge is -2.28. The molecular weight excluding hydrogens is 765 g/mol. The highest BCUT2D eigenvalue weighted by Gasteiger charge is 2.20. The van der Waals surface area contributed by atoms with Gasteiger partial charge in [-0.25, -0.2) is 0 Å². The molecule has 0 aliphatic carbocycles. The molecule has 63 heavy (non-hydrogen) atoms. The van der Waals surface area contributed by atoms with Crippen molar-refractivity contribution in [2.75, 3.05) is 4.90 Å². The van der Waals surface area contributed by atoms with Crippen molar-refractivity contribution in [1.82, 2.24) is 4.57 Å². The van der Waals surface area contributed by atoms with Crippen LogP contribution in [-0.4, -0.2) is 4.57 Å². The zero-order chi connectivity index (χ0) is 54.7. The molecule has 3 nitrogen and oxygen atoms in total. The summed E-state index contributed by atoms with van der Waals surface area (Å²) in [6.07, 6.45) is 0. The minimum atomic E-state index is -0.751. The van der Waals surface area contributed by atoms with Gasteiger partial charge in [-0.2, -0.15) is 0 Å². The summed E-state index contributed by atoms with van der Waals surface area (Å²) in [6, 6.07) is 38.7. The number of fused-ring (bicyclic) bond motifs is 6. The molecule has 0 N–H and O–H groups in total. The number of aromatic nitrogens is 1. The van der Waals surface area contributed by atoms with Crippen LogP contribution in [0.15, 0.2) is 247 Å². The molecule has 3 heteroatoms. The molecule has 0 aliphatic rings. The highest BCUT2D eigenvalue weighted by atomic mass is 16.3. The Morgan fingerprint density at radius 2 is 0.889 bits per heavy atom. The van der Waals surface area contributed by atoms with Crippen molar-refractivity contribution in [2.24, 2.45) is 0 Å². The normalized spacial score (nSPS) is 14.8. The van der Waals surface area contributed by atoms with E-state index in [2.05, 4.69) is 34.9 Å². The summed E-state index contributed by atoms with van der Waals surface area (Å²) in [7, 11) is 0. The second-order valence-electron chi connectivity index (χ2n) is 14.9. The molecule has 0 saturated carbocycles. The van der Waals surface area contributed by atoms with Crippen LogP contribution in [0.5, 0.6) is 0 Å². The zero-order valence-corrected chi connectivity index (χ0v) is 33.2. The molecule has 12 aromatic rings. The first-order valence-corrected chi connectivity index (χ1v) is 20.3. The second kappa shape index (κ2) is 15.3. The molecule has 10 aromatic carbocycles. The average molecular weight is 820 g/mol. The Kier molecular flexibility index (Phi) is 5.85. The van der Waals surface area contributed by atoms with Crippen LogP contribution in [0, 0.1) is 0 Å². The van der Waals surface area contributed by atoms with Gasteiger partial charge in [0.15, 0.2) is 0 Å². The van der Waals surface area contributed by atoms with E-state index in [9.17, 15) is 6.85 Å². The molecular formula is C60H40N2O. The quantitative estimate of drug-likeness (QED) is 0.152. The van der Waals surface area contributed by atoms with E-state index in [0.29, 0.717) is 16.9 Å². The summed E-state index contributed by atoms with van der Waals surface area (Å²) in [5.74, 6) is 0. The third-order valence-electron chi connectivity index (χ3n) is 11.3. The van der Waals surface area contributed by atoms with Gasteiger partial charge in [0.25, 0.3) is 0 Å². The third-order valence-corrected chi connectivity index (χ3v) is 11.3. The molecule has 0 bridgehead atoms. The van der Waals surface area contributed by atoms with Crippen LogP contribution in [0.25, 0.3) is 93.9 Å². The van der Waals surface area contributed by atoms with Crippen molar-refractivity contribution in [2.45, 2.75) is 0 Å². The fourth-order valence-corrected chi connectivity index (χ4v) is 8.52. The smallest absolute Gasteiger partial charge is 0.143 e. The molecule has 0 spiro atoms. The van der Waals surface area contributed by atoms with E-state index < -0.39 is 124 Å². The van der Waals surface area contributed by atoms with Crippen LogP contribution in [0.3, 0.4) is 0 Å². The number of furan rings is 1. The summed E-state index contributed by atoms with van der Waals surface area (Å²) in [6.45, 7) is 0. The number of hydrogen-bond donors (Lipinski definition) is 0. The Balaban J connectivity index is 1.09. The van der Waals surface area contributed by atoms with Gasteiger partial charge in [-0.3, -0.25) is 0 Å². The van der Waals surface area contributed by atoms with E-state index in [0.717, 1.165) is 44.2 Å². The Hall–Kier alpha value is -8.40. The number of benzene rings is 10. The van der Waals surface area contributed by atoms with Crippen molar-refractivity contribution in [3.8, 4) is 50.2 Å². The highest BCUT2D eigenvalue weighted by Crippen LogP contribution is 2.44. The average Bonchev–Trinajstić information content (AvgIpc) is 4.06. The van der Waals surface area contributed by atoms with E-state index in [1.54, 1.807) is 4.90 Å². The first-order chi connectivity index (χ1) is 37.5. The lowest BCUT2D eigenvalue weighted by molar-refractivity contribution is 0.671. The Morgan fingerprint density at radius 3 is 1.56 bits per heavy atom. The van der Waals surface area contributed by atoms with Crippen molar-refractivity contribution in [1.29, 1.82) is 0 Å². The molecule has 0 saturated heterocycles. The van der Waals surface area contributed by atoms with Gasteiger partial charge in [0.05, 0.1) is 43.0 Å². The van der Waals surface area contributed by atoms with Gasteiger partial charge in [-0.1, -0.05) is 194 Å². The van der Waals surface area contributed by atoms with Crippen LogP contribution >= 0.6 is 0 Å². The number of nitrogens with zero attached hydrogens (tertiary/aromatic N) is 2. The van der Waals surface area contributed by atoms with Crippen molar-refractivity contribution >= 4 is 60.8 Å². The topological polar surface area (TPSA) is 21.3 Å². The van der Waals surface area contributed by atoms with E-state index >= 15 is 0 Å². The Bertz CT molecular complexity index is 4400. The molecule has 0 atom stereocenters. The van der Waals surface area contributed by atoms with Gasteiger partial charge in [-0.15, -0.1) is 0 Å². The highest BCUT2D eigenvalue weighted by molar-refractivity contribution is 6.13. The van der Waals surface area contributed by atoms with Gasteiger partial charge < -0.3 is 13.9 Å². The standard InChI is InChI=1S/C60H40N2O/c1-3-17-41(18-4-1)47-21-7-11-29-55(47)61(45-37-33-43(34-38-45)48-22-8-12-30-56(48)62-57-31-13-9-23-51(57)52-24-10-14-32-58(52)62)46-39-35-44(36-40-46)50-26-16-28-54-53-27-15-25-49(59(53)63-60(50)54)42-19-5-2-6-20-42/h1-40H/i2D,5D,6D,15D,16D,19D,20D,25D,26D,27D,28D,35D,36D,39D,40D. The minimum Gasteiger partial charge on any atom is -0.455 e. The summed E-state index contributed by atoms with van der Waals surface area (Å²) in [5.41, 5.74) is 4.21. The monoisotopic (exact) mass is 819 g/mol. The van der Waals surface area contributed by atoms with E-state index in [-0.39, 0.29) is 16.5 Å². The maximum atomic E-state index is 9.88. The van der Waals surface area contributed by atoms with Crippen molar-refractivity contribution in [3.05, 3.63) is 242 Å². The Labute approximate surface area is 387 Å². The molecule has 2 heterocycles. The lowest BCUT2D eigenvalue weighted by atomic mass is 9.99. The fourth-order valence-electron chi connectivity index (χ4n) is 8.52. The molecule has 12 rings (SSSR count). The van der Waals surface area contributed by atoms with Crippen molar-refractivity contribution < 1.29 is 25.0 Å². The second-order valence-corrected chi connectivity index (χ2v) is 14.9. The third kappa shape index (κ3) is 6.21. The molecule has 0 amide bonds. The van der Waals surface area contributed by atoms with Crippen LogP contribution in [0.4, 0.5) is 17.1 Å². The number of rotatable bonds is 8. The maximum absolute atomic E-state index is 9.88. The van der Waals surface area contributed by atoms with Crippen molar-refractivity contribution in [3.63, 3.8) is 0 Å². The van der Waals surface area contributed by atoms with Crippen LogP contribution in [-0.2, 0) is 0 Å². The van der Waals surface area contributed by atoms with E-state index in [1.807, 2.05) is 121 Å². The SMILES string of the molecule is [2H]c1c([2H])c([2H])c(-c2c([2H])c([2H])c([2H])c3c2oc2c(-c4c([2H])c([2H])c(N(c5ccc(-c6ccccc6-n6c7ccccc7c7ccccc76)cc5)c5ccccc5-c5ccccc5)c([2H])c4[2H])c([2H])c([2H])c([2H])c23)c([2H])c1[2H]. The molecule has 296 valence electrons. The number of anilines is 3. The van der Waals surface area contributed by atoms with Crippen LogP contribution in [0.2, 0.25) is 0 Å². The first kappa shape index (κ1) is 24.1. The molecule has 0 aliphatic heterocycles. The summed E-state index contributed by atoms with van der Waals surface area (Å²) >= 11 is 0. The number of para-hydroxylation sites is 6. The van der Waals surface area contributed by atoms with Gasteiger partial charge in [-0.05, 0) is 70.7 Å². The fraction of sp³-hybridized carbons (Fsp3) is 0. The largest absolute Gasteiger partial charge is 0.455 e. The van der Waals surface area contributed by atoms with Gasteiger partial charge in [0.1, 0.15) is 11.2 Å². The predicted molar refractivity (Wildman–Crippen MR) is 264 cm³/mol. The first-order valence-electron chi connectivity index (χ1n) is 27.8. The summed E-state index contributed by atoms with van der Waals surface area (Å²) in [4.78, 5) is 1.65. The van der Waals surface area contributed by atoms with Gasteiger partial charge in [0.2, 0.25) is 0 Å². The van der Waals surface area contributed by atoms with E-state index in [4.69, 9.17) is 18.1 Å². The molecule has 2 aromatic heterocycles. The maximum Gasteiger partial charge on any atom is 0.143 e. The Morgan fingerprint density at radius 1 is 0.349 bits per heavy atom. The molecule has 0 fully saturated rings. The molecule has 0 unspecified atom stereocenters. The summed E-state index contributed by atoms with van der Waals surface area (Å²) < 4.78 is 145. The molecule has 0 radical (unpaired) electrons. The van der Waals surface area contributed by atoms with Crippen LogP contribution in [0.1, 0.15) is 20.6 Å². The van der Waals surface area contributed by atoms with Gasteiger partial charge >= 0.3 is 0 Å².